The summed E-state index contributed by atoms with van der Waals surface area (Å²) in [4.78, 5) is 14.7. The SMILES string of the molecule is COc1ccc(Oc2ccc3c(c2)c2c(n3CC[NH+](Cc3ccccc3)Cc3ccccc3)C(=O)CCC2)cc1. The van der Waals surface area contributed by atoms with E-state index in [0.29, 0.717) is 6.42 Å². The van der Waals surface area contributed by atoms with Crippen LogP contribution in [0.25, 0.3) is 10.9 Å². The summed E-state index contributed by atoms with van der Waals surface area (Å²) in [5, 5.41) is 1.13. The van der Waals surface area contributed by atoms with Crippen LogP contribution in [-0.4, -0.2) is 24.0 Å². The number of Topliss-reactive ketones (excluding diaryl/α,β-unsaturated/α-hetero) is 1. The Morgan fingerprint density at radius 3 is 2.02 bits per heavy atom. The number of aromatic nitrogens is 1. The molecule has 0 amide bonds. The van der Waals surface area contributed by atoms with E-state index in [2.05, 4.69) is 77.4 Å². The molecule has 0 bridgehead atoms. The molecule has 0 atom stereocenters. The quantitative estimate of drug-likeness (QED) is 0.232. The number of hydrogen-bond donors (Lipinski definition) is 1. The average molecular weight is 532 g/mol. The van der Waals surface area contributed by atoms with Gasteiger partial charge < -0.3 is 18.9 Å². The van der Waals surface area contributed by atoms with Gasteiger partial charge in [-0.05, 0) is 60.9 Å². The molecule has 5 nitrogen and oxygen atoms in total. The van der Waals surface area contributed by atoms with Gasteiger partial charge in [-0.3, -0.25) is 4.79 Å². The number of aryl methyl sites for hydroxylation is 1. The lowest BCUT2D eigenvalue weighted by atomic mass is 9.94. The van der Waals surface area contributed by atoms with E-state index in [-0.39, 0.29) is 5.78 Å². The topological polar surface area (TPSA) is 44.9 Å². The maximum Gasteiger partial charge on any atom is 0.179 e. The second kappa shape index (κ2) is 11.8. The van der Waals surface area contributed by atoms with Gasteiger partial charge in [-0.25, -0.2) is 0 Å². The van der Waals surface area contributed by atoms with Crippen molar-refractivity contribution in [3.05, 3.63) is 126 Å². The summed E-state index contributed by atoms with van der Waals surface area (Å²) in [7, 11) is 1.66. The number of rotatable bonds is 10. The fourth-order valence-corrected chi connectivity index (χ4v) is 5.87. The van der Waals surface area contributed by atoms with Crippen molar-refractivity contribution in [2.24, 2.45) is 0 Å². The molecular formula is C35H35N2O3+. The molecule has 1 N–H and O–H groups in total. The van der Waals surface area contributed by atoms with E-state index in [1.54, 1.807) is 7.11 Å². The lowest BCUT2D eigenvalue weighted by Crippen LogP contribution is -3.09. The summed E-state index contributed by atoms with van der Waals surface area (Å²) in [5.41, 5.74) is 5.82. The van der Waals surface area contributed by atoms with E-state index < -0.39 is 0 Å². The van der Waals surface area contributed by atoms with E-state index in [1.807, 2.05) is 30.3 Å². The second-order valence-electron chi connectivity index (χ2n) is 10.5. The summed E-state index contributed by atoms with van der Waals surface area (Å²) in [6.45, 7) is 3.57. The predicted octanol–water partition coefficient (Wildman–Crippen LogP) is 6.25. The van der Waals surface area contributed by atoms with Crippen LogP contribution in [0.15, 0.2) is 103 Å². The first-order valence-electron chi connectivity index (χ1n) is 14.1. The standard InChI is InChI=1S/C35H34N2O3/c1-39-28-15-17-29(18-16-28)40-30-19-20-33-32(23-30)31-13-8-14-34(38)35(31)37(33)22-21-36(24-26-9-4-2-5-10-26)25-27-11-6-3-7-12-27/h2-7,9-12,15-20,23H,8,13-14,21-22,24-25H2,1H3/p+1. The van der Waals surface area contributed by atoms with Gasteiger partial charge in [0.25, 0.3) is 0 Å². The van der Waals surface area contributed by atoms with Crippen molar-refractivity contribution in [3.63, 3.8) is 0 Å². The zero-order valence-electron chi connectivity index (χ0n) is 22.9. The van der Waals surface area contributed by atoms with Crippen LogP contribution in [0.5, 0.6) is 17.2 Å². The largest absolute Gasteiger partial charge is 0.497 e. The summed E-state index contributed by atoms with van der Waals surface area (Å²) in [6, 6.07) is 35.2. The Morgan fingerprint density at radius 2 is 1.38 bits per heavy atom. The Balaban J connectivity index is 1.30. The van der Waals surface area contributed by atoms with Gasteiger partial charge in [0.15, 0.2) is 5.78 Å². The number of carbonyl (C=O) groups is 1. The van der Waals surface area contributed by atoms with Crippen molar-refractivity contribution < 1.29 is 19.2 Å². The fraction of sp³-hybridized carbons (Fsp3) is 0.229. The zero-order valence-corrected chi connectivity index (χ0v) is 22.9. The Bertz CT molecular complexity index is 1550. The molecule has 6 rings (SSSR count). The molecule has 0 aliphatic heterocycles. The number of fused-ring (bicyclic) bond motifs is 3. The molecule has 5 heteroatoms. The third-order valence-electron chi connectivity index (χ3n) is 7.81. The highest BCUT2D eigenvalue weighted by molar-refractivity contribution is 6.04. The molecule has 0 radical (unpaired) electrons. The molecule has 5 aromatic rings. The van der Waals surface area contributed by atoms with Crippen molar-refractivity contribution in [2.45, 2.75) is 38.9 Å². The third-order valence-corrected chi connectivity index (χ3v) is 7.81. The second-order valence-corrected chi connectivity index (χ2v) is 10.5. The summed E-state index contributed by atoms with van der Waals surface area (Å²) in [5.74, 6) is 2.58. The summed E-state index contributed by atoms with van der Waals surface area (Å²) < 4.78 is 13.7. The van der Waals surface area contributed by atoms with Crippen LogP contribution < -0.4 is 14.4 Å². The maximum atomic E-state index is 13.3. The van der Waals surface area contributed by atoms with Crippen LogP contribution in [0.4, 0.5) is 0 Å². The Hall–Kier alpha value is -4.35. The highest BCUT2D eigenvalue weighted by atomic mass is 16.5. The molecule has 0 saturated heterocycles. The first kappa shape index (κ1) is 25.9. The summed E-state index contributed by atoms with van der Waals surface area (Å²) in [6.07, 6.45) is 2.43. The van der Waals surface area contributed by atoms with Crippen molar-refractivity contribution in [3.8, 4) is 17.2 Å². The van der Waals surface area contributed by atoms with Crippen molar-refractivity contribution in [1.82, 2.24) is 4.57 Å². The van der Waals surface area contributed by atoms with Gasteiger partial charge in [-0.2, -0.15) is 0 Å². The molecule has 1 aliphatic rings. The van der Waals surface area contributed by atoms with Gasteiger partial charge in [0, 0.05) is 28.5 Å². The van der Waals surface area contributed by atoms with Gasteiger partial charge in [-0.15, -0.1) is 0 Å². The van der Waals surface area contributed by atoms with Crippen LogP contribution in [0.3, 0.4) is 0 Å². The molecule has 0 saturated carbocycles. The molecule has 0 unspecified atom stereocenters. The minimum atomic E-state index is 0.253. The Morgan fingerprint density at radius 1 is 0.750 bits per heavy atom. The first-order valence-corrected chi connectivity index (χ1v) is 14.1. The Labute approximate surface area is 235 Å². The van der Waals surface area contributed by atoms with Gasteiger partial charge in [0.05, 0.1) is 25.9 Å². The van der Waals surface area contributed by atoms with Gasteiger partial charge in [0.1, 0.15) is 30.3 Å². The molecule has 1 heterocycles. The highest BCUT2D eigenvalue weighted by Gasteiger charge is 2.27. The van der Waals surface area contributed by atoms with Gasteiger partial charge >= 0.3 is 0 Å². The fourth-order valence-electron chi connectivity index (χ4n) is 5.87. The molecule has 40 heavy (non-hydrogen) atoms. The number of quaternary nitrogens is 1. The zero-order chi connectivity index (χ0) is 27.3. The van der Waals surface area contributed by atoms with E-state index in [4.69, 9.17) is 9.47 Å². The monoisotopic (exact) mass is 531 g/mol. The van der Waals surface area contributed by atoms with Crippen molar-refractivity contribution in [1.29, 1.82) is 0 Å². The number of carbonyl (C=O) groups excluding carboxylic acids is 1. The minimum Gasteiger partial charge on any atom is -0.497 e. The summed E-state index contributed by atoms with van der Waals surface area (Å²) >= 11 is 0. The number of ketones is 1. The number of methoxy groups -OCH3 is 1. The van der Waals surface area contributed by atoms with Gasteiger partial charge in [-0.1, -0.05) is 60.7 Å². The van der Waals surface area contributed by atoms with Crippen LogP contribution in [-0.2, 0) is 26.1 Å². The van der Waals surface area contributed by atoms with E-state index >= 15 is 0 Å². The molecule has 1 aliphatic carbocycles. The number of ether oxygens (including phenoxy) is 2. The molecule has 0 spiro atoms. The van der Waals surface area contributed by atoms with Crippen molar-refractivity contribution in [2.75, 3.05) is 13.7 Å². The molecule has 202 valence electrons. The molecule has 1 aromatic heterocycles. The number of nitrogens with zero attached hydrogens (tertiary/aromatic N) is 1. The Kier molecular flexibility index (Phi) is 7.64. The smallest absolute Gasteiger partial charge is 0.179 e. The average Bonchev–Trinajstić information content (AvgIpc) is 3.31. The number of hydrogen-bond acceptors (Lipinski definition) is 3. The number of nitrogens with one attached hydrogen (secondary N) is 1. The number of benzene rings is 4. The van der Waals surface area contributed by atoms with E-state index in [0.717, 1.165) is 72.9 Å². The van der Waals surface area contributed by atoms with Crippen LogP contribution in [0.2, 0.25) is 0 Å². The van der Waals surface area contributed by atoms with Crippen molar-refractivity contribution >= 4 is 16.7 Å². The van der Waals surface area contributed by atoms with Gasteiger partial charge in [0.2, 0.25) is 0 Å². The normalized spacial score (nSPS) is 13.0. The van der Waals surface area contributed by atoms with Crippen LogP contribution in [0, 0.1) is 0 Å². The van der Waals surface area contributed by atoms with Crippen LogP contribution >= 0.6 is 0 Å². The lowest BCUT2D eigenvalue weighted by molar-refractivity contribution is -0.928. The molecular weight excluding hydrogens is 496 g/mol. The molecule has 0 fully saturated rings. The predicted molar refractivity (Wildman–Crippen MR) is 158 cm³/mol. The van der Waals surface area contributed by atoms with Crippen LogP contribution in [0.1, 0.15) is 40.0 Å². The van der Waals surface area contributed by atoms with E-state index in [1.165, 1.54) is 21.6 Å². The third kappa shape index (κ3) is 5.65. The molecule has 4 aromatic carbocycles. The highest BCUT2D eigenvalue weighted by Crippen LogP contribution is 2.35. The minimum absolute atomic E-state index is 0.253. The first-order chi connectivity index (χ1) is 19.7. The lowest BCUT2D eigenvalue weighted by Gasteiger charge is -2.22. The van der Waals surface area contributed by atoms with E-state index in [9.17, 15) is 4.79 Å². The maximum absolute atomic E-state index is 13.3.